The van der Waals surface area contributed by atoms with E-state index in [1.807, 2.05) is 24.4 Å². The third-order valence-corrected chi connectivity index (χ3v) is 3.47. The second-order valence-corrected chi connectivity index (χ2v) is 4.89. The molecule has 3 rings (SSSR count). The fourth-order valence-electron chi connectivity index (χ4n) is 2.44. The van der Waals surface area contributed by atoms with Gasteiger partial charge in [0, 0.05) is 18.1 Å². The van der Waals surface area contributed by atoms with Crippen LogP contribution in [0.2, 0.25) is 5.15 Å². The summed E-state index contributed by atoms with van der Waals surface area (Å²) in [6.07, 6.45) is 6.99. The van der Waals surface area contributed by atoms with Crippen LogP contribution in [-0.4, -0.2) is 9.97 Å². The molecule has 0 bridgehead atoms. The summed E-state index contributed by atoms with van der Waals surface area (Å²) in [5.74, 6) is 0. The van der Waals surface area contributed by atoms with E-state index in [9.17, 15) is 0 Å². The lowest BCUT2D eigenvalue weighted by Gasteiger charge is -2.25. The van der Waals surface area contributed by atoms with Crippen LogP contribution in [0, 0.1) is 0 Å². The van der Waals surface area contributed by atoms with Gasteiger partial charge in [-0.25, -0.2) is 4.98 Å². The van der Waals surface area contributed by atoms with Crippen molar-refractivity contribution >= 4 is 17.3 Å². The van der Waals surface area contributed by atoms with Crippen LogP contribution in [0.15, 0.2) is 36.7 Å². The molecule has 0 aliphatic heterocycles. The predicted octanol–water partition coefficient (Wildman–Crippen LogP) is 3.62. The molecule has 0 amide bonds. The van der Waals surface area contributed by atoms with E-state index in [1.54, 1.807) is 6.20 Å². The second-order valence-electron chi connectivity index (χ2n) is 4.50. The van der Waals surface area contributed by atoms with Gasteiger partial charge < -0.3 is 5.32 Å². The lowest BCUT2D eigenvalue weighted by Crippen LogP contribution is -2.18. The number of aryl methyl sites for hydroxylation is 1. The van der Waals surface area contributed by atoms with Gasteiger partial charge in [0.05, 0.1) is 11.7 Å². The summed E-state index contributed by atoms with van der Waals surface area (Å²) in [7, 11) is 0. The highest BCUT2D eigenvalue weighted by Gasteiger charge is 2.20. The number of hydrogen-bond acceptors (Lipinski definition) is 3. The summed E-state index contributed by atoms with van der Waals surface area (Å²) in [5, 5.41) is 4.00. The molecule has 92 valence electrons. The first kappa shape index (κ1) is 11.5. The molecule has 1 N–H and O–H groups in total. The van der Waals surface area contributed by atoms with Gasteiger partial charge in [0.2, 0.25) is 0 Å². The van der Waals surface area contributed by atoms with E-state index < -0.39 is 0 Å². The van der Waals surface area contributed by atoms with E-state index in [2.05, 4.69) is 21.4 Å². The molecule has 0 saturated heterocycles. The fraction of sp³-hybridized carbons (Fsp3) is 0.286. The molecular formula is C14H14ClN3. The summed E-state index contributed by atoms with van der Waals surface area (Å²) in [6, 6.07) is 8.22. The van der Waals surface area contributed by atoms with Crippen molar-refractivity contribution in [1.29, 1.82) is 0 Å². The third kappa shape index (κ3) is 2.31. The SMILES string of the molecule is Clc1cc(NC2CCCc3cccnc32)ccn1. The first-order valence-corrected chi connectivity index (χ1v) is 6.52. The number of nitrogens with zero attached hydrogens (tertiary/aromatic N) is 2. The average Bonchev–Trinajstić information content (AvgIpc) is 2.39. The molecule has 0 fully saturated rings. The molecule has 2 aromatic heterocycles. The number of rotatable bonds is 2. The van der Waals surface area contributed by atoms with Crippen LogP contribution in [0.3, 0.4) is 0 Å². The van der Waals surface area contributed by atoms with Gasteiger partial charge in [0.1, 0.15) is 5.15 Å². The molecule has 2 aromatic rings. The van der Waals surface area contributed by atoms with Crippen LogP contribution < -0.4 is 5.32 Å². The van der Waals surface area contributed by atoms with E-state index in [1.165, 1.54) is 12.0 Å². The first-order chi connectivity index (χ1) is 8.83. The number of nitrogens with one attached hydrogen (secondary N) is 1. The summed E-state index contributed by atoms with van der Waals surface area (Å²) < 4.78 is 0. The van der Waals surface area contributed by atoms with Crippen molar-refractivity contribution < 1.29 is 0 Å². The minimum Gasteiger partial charge on any atom is -0.377 e. The van der Waals surface area contributed by atoms with Gasteiger partial charge in [-0.15, -0.1) is 0 Å². The fourth-order valence-corrected chi connectivity index (χ4v) is 2.62. The number of anilines is 1. The molecule has 1 unspecified atom stereocenters. The predicted molar refractivity (Wildman–Crippen MR) is 72.8 cm³/mol. The molecule has 1 aliphatic rings. The number of fused-ring (bicyclic) bond motifs is 1. The van der Waals surface area contributed by atoms with E-state index >= 15 is 0 Å². The average molecular weight is 260 g/mol. The highest BCUT2D eigenvalue weighted by Crippen LogP contribution is 2.30. The Morgan fingerprint density at radius 2 is 2.17 bits per heavy atom. The highest BCUT2D eigenvalue weighted by atomic mass is 35.5. The maximum absolute atomic E-state index is 5.90. The molecule has 1 aliphatic carbocycles. The smallest absolute Gasteiger partial charge is 0.131 e. The maximum atomic E-state index is 5.90. The quantitative estimate of drug-likeness (QED) is 0.837. The van der Waals surface area contributed by atoms with Crippen LogP contribution in [0.1, 0.15) is 30.1 Å². The van der Waals surface area contributed by atoms with Gasteiger partial charge in [-0.3, -0.25) is 4.98 Å². The number of halogens is 1. The van der Waals surface area contributed by atoms with Gasteiger partial charge in [-0.2, -0.15) is 0 Å². The monoisotopic (exact) mass is 259 g/mol. The maximum Gasteiger partial charge on any atom is 0.131 e. The normalized spacial score (nSPS) is 18.2. The standard InChI is InChI=1S/C14H14ClN3/c15-13-9-11(6-8-16-13)18-12-5-1-3-10-4-2-7-17-14(10)12/h2,4,6-9,12H,1,3,5H2,(H,16,18). The molecule has 3 nitrogen and oxygen atoms in total. The van der Waals surface area contributed by atoms with Crippen LogP contribution in [-0.2, 0) is 6.42 Å². The molecule has 1 atom stereocenters. The van der Waals surface area contributed by atoms with Gasteiger partial charge in [0.25, 0.3) is 0 Å². The molecule has 18 heavy (non-hydrogen) atoms. The van der Waals surface area contributed by atoms with E-state index in [0.717, 1.165) is 24.2 Å². The molecule has 0 aromatic carbocycles. The summed E-state index contributed by atoms with van der Waals surface area (Å²) in [6.45, 7) is 0. The number of pyridine rings is 2. The molecule has 0 radical (unpaired) electrons. The van der Waals surface area contributed by atoms with Crippen molar-refractivity contribution in [2.24, 2.45) is 0 Å². The minimum atomic E-state index is 0.272. The van der Waals surface area contributed by atoms with Crippen LogP contribution in [0.25, 0.3) is 0 Å². The van der Waals surface area contributed by atoms with Crippen molar-refractivity contribution in [2.45, 2.75) is 25.3 Å². The zero-order chi connectivity index (χ0) is 12.4. The first-order valence-electron chi connectivity index (χ1n) is 6.15. The molecule has 2 heterocycles. The second kappa shape index (κ2) is 4.94. The topological polar surface area (TPSA) is 37.8 Å². The third-order valence-electron chi connectivity index (χ3n) is 3.26. The van der Waals surface area contributed by atoms with E-state index in [4.69, 9.17) is 11.6 Å². The van der Waals surface area contributed by atoms with Gasteiger partial charge >= 0.3 is 0 Å². The Hall–Kier alpha value is -1.61. The van der Waals surface area contributed by atoms with Crippen LogP contribution >= 0.6 is 11.6 Å². The summed E-state index contributed by atoms with van der Waals surface area (Å²) in [4.78, 5) is 8.50. The van der Waals surface area contributed by atoms with Crippen molar-refractivity contribution in [3.8, 4) is 0 Å². The Kier molecular flexibility index (Phi) is 3.15. The highest BCUT2D eigenvalue weighted by molar-refractivity contribution is 6.29. The van der Waals surface area contributed by atoms with Crippen molar-refractivity contribution in [3.05, 3.63) is 53.1 Å². The Labute approximate surface area is 111 Å². The number of hydrogen-bond donors (Lipinski definition) is 1. The van der Waals surface area contributed by atoms with Crippen molar-refractivity contribution in [3.63, 3.8) is 0 Å². The summed E-state index contributed by atoms with van der Waals surface area (Å²) in [5.41, 5.74) is 3.51. The Bertz CT molecular complexity index is 556. The minimum absolute atomic E-state index is 0.272. The largest absolute Gasteiger partial charge is 0.377 e. The summed E-state index contributed by atoms with van der Waals surface area (Å²) >= 11 is 5.90. The van der Waals surface area contributed by atoms with E-state index in [-0.39, 0.29) is 6.04 Å². The van der Waals surface area contributed by atoms with Crippen molar-refractivity contribution in [1.82, 2.24) is 9.97 Å². The van der Waals surface area contributed by atoms with Gasteiger partial charge in [-0.1, -0.05) is 17.7 Å². The molecule has 0 spiro atoms. The van der Waals surface area contributed by atoms with Crippen LogP contribution in [0.5, 0.6) is 0 Å². The van der Waals surface area contributed by atoms with Gasteiger partial charge in [0.15, 0.2) is 0 Å². The molecule has 4 heteroatoms. The number of aromatic nitrogens is 2. The lowest BCUT2D eigenvalue weighted by molar-refractivity contribution is 0.583. The van der Waals surface area contributed by atoms with E-state index in [0.29, 0.717) is 5.15 Å². The lowest BCUT2D eigenvalue weighted by atomic mass is 9.92. The van der Waals surface area contributed by atoms with Gasteiger partial charge in [-0.05, 0) is 43.0 Å². The van der Waals surface area contributed by atoms with Crippen LogP contribution in [0.4, 0.5) is 5.69 Å². The molecular weight excluding hydrogens is 246 g/mol. The zero-order valence-corrected chi connectivity index (χ0v) is 10.7. The van der Waals surface area contributed by atoms with Crippen molar-refractivity contribution in [2.75, 3.05) is 5.32 Å². The Morgan fingerprint density at radius 3 is 3.06 bits per heavy atom. The zero-order valence-electron chi connectivity index (χ0n) is 9.94. The Balaban J connectivity index is 1.86. The Morgan fingerprint density at radius 1 is 1.22 bits per heavy atom. The molecule has 0 saturated carbocycles.